The molecule has 1 aromatic heterocycles. The van der Waals surface area contributed by atoms with Gasteiger partial charge in [-0.05, 0) is 12.1 Å². The lowest BCUT2D eigenvalue weighted by atomic mass is 10.3. The van der Waals surface area contributed by atoms with E-state index in [1.807, 2.05) is 0 Å². The molecule has 1 amide bonds. The summed E-state index contributed by atoms with van der Waals surface area (Å²) in [5.41, 5.74) is 0.824. The average Bonchev–Trinajstić information content (AvgIpc) is 2.06. The predicted octanol–water partition coefficient (Wildman–Crippen LogP) is -0.489. The van der Waals surface area contributed by atoms with Crippen LogP contribution in [0, 0.1) is 5.21 Å². The second kappa shape index (κ2) is 3.94. The Morgan fingerprint density at radius 2 is 2.17 bits per heavy atom. The van der Waals surface area contributed by atoms with Crippen molar-refractivity contribution in [1.29, 1.82) is 0 Å². The number of hydrogen-bond acceptors (Lipinski definition) is 3. The van der Waals surface area contributed by atoms with E-state index < -0.39 is 5.91 Å². The van der Waals surface area contributed by atoms with Gasteiger partial charge in [-0.3, -0.25) is 4.98 Å². The molecule has 1 rings (SSSR count). The highest BCUT2D eigenvalue weighted by Crippen LogP contribution is 1.91. The van der Waals surface area contributed by atoms with Gasteiger partial charge >= 0.3 is 5.91 Å². The molecule has 0 saturated heterocycles. The van der Waals surface area contributed by atoms with Crippen LogP contribution in [0.15, 0.2) is 24.5 Å². The van der Waals surface area contributed by atoms with E-state index in [0.717, 1.165) is 5.56 Å². The number of hydrogen-bond donors (Lipinski definition) is 1. The highest BCUT2D eigenvalue weighted by atomic mass is 16.5. The van der Waals surface area contributed by atoms with Gasteiger partial charge in [0.1, 0.15) is 6.54 Å². The number of carbonyl (C=O) groups is 1. The fraction of sp³-hybridized carbons (Fsp3) is 0.250. The molecule has 1 heterocycles. The van der Waals surface area contributed by atoms with E-state index in [4.69, 9.17) is 0 Å². The zero-order valence-corrected chi connectivity index (χ0v) is 6.78. The van der Waals surface area contributed by atoms with E-state index >= 15 is 0 Å². The van der Waals surface area contributed by atoms with Gasteiger partial charge in [0.05, 0.1) is 6.92 Å². The number of hydroxylamine groups is 2. The molecule has 0 fully saturated rings. The van der Waals surface area contributed by atoms with E-state index in [2.05, 4.69) is 4.98 Å². The van der Waals surface area contributed by atoms with Crippen LogP contribution in [0.1, 0.15) is 12.5 Å². The van der Waals surface area contributed by atoms with Crippen molar-refractivity contribution in [3.8, 4) is 0 Å². The summed E-state index contributed by atoms with van der Waals surface area (Å²) in [7, 11) is 0. The van der Waals surface area contributed by atoms with Crippen LogP contribution in [0.5, 0.6) is 0 Å². The predicted molar refractivity (Wildman–Crippen MR) is 43.0 cm³/mol. The number of pyridine rings is 1. The third-order valence-electron chi connectivity index (χ3n) is 1.51. The molecule has 12 heavy (non-hydrogen) atoms. The summed E-state index contributed by atoms with van der Waals surface area (Å²) in [6.45, 7) is 1.46. The number of quaternary nitrogens is 1. The first-order valence-electron chi connectivity index (χ1n) is 3.63. The number of aromatic nitrogens is 1. The van der Waals surface area contributed by atoms with Gasteiger partial charge in [-0.2, -0.15) is 0 Å². The molecule has 4 nitrogen and oxygen atoms in total. The molecule has 64 valence electrons. The second-order valence-corrected chi connectivity index (χ2v) is 2.51. The van der Waals surface area contributed by atoms with Crippen LogP contribution in [0.3, 0.4) is 0 Å². The van der Waals surface area contributed by atoms with Gasteiger partial charge in [-0.1, -0.05) is 0 Å². The number of carbonyl (C=O) groups excluding carboxylic acids is 1. The van der Waals surface area contributed by atoms with Crippen molar-refractivity contribution in [2.75, 3.05) is 0 Å². The van der Waals surface area contributed by atoms with E-state index in [9.17, 15) is 10.0 Å². The van der Waals surface area contributed by atoms with Crippen molar-refractivity contribution in [2.45, 2.75) is 13.5 Å². The average molecular weight is 166 g/mol. The third-order valence-corrected chi connectivity index (χ3v) is 1.51. The minimum Gasteiger partial charge on any atom is -0.627 e. The summed E-state index contributed by atoms with van der Waals surface area (Å²) in [6, 6.07) is 3.45. The van der Waals surface area contributed by atoms with Gasteiger partial charge in [0.25, 0.3) is 0 Å². The SMILES string of the molecule is CC(=O)[NH+]([O-])Cc1ccncc1. The summed E-state index contributed by atoms with van der Waals surface area (Å²) in [6.07, 6.45) is 3.20. The van der Waals surface area contributed by atoms with E-state index in [-0.39, 0.29) is 11.6 Å². The first-order valence-corrected chi connectivity index (χ1v) is 3.63. The van der Waals surface area contributed by atoms with Crippen molar-refractivity contribution in [3.63, 3.8) is 0 Å². The Balaban J connectivity index is 2.58. The van der Waals surface area contributed by atoms with E-state index in [0.29, 0.717) is 0 Å². The Kier molecular flexibility index (Phi) is 2.90. The fourth-order valence-corrected chi connectivity index (χ4v) is 0.811. The molecule has 1 unspecified atom stereocenters. The molecule has 0 bridgehead atoms. The summed E-state index contributed by atoms with van der Waals surface area (Å²) in [4.78, 5) is 14.4. The molecule has 0 spiro atoms. The largest absolute Gasteiger partial charge is 0.627 e. The van der Waals surface area contributed by atoms with E-state index in [1.165, 1.54) is 6.92 Å². The van der Waals surface area contributed by atoms with Crippen molar-refractivity contribution in [3.05, 3.63) is 35.3 Å². The van der Waals surface area contributed by atoms with Gasteiger partial charge in [-0.15, -0.1) is 0 Å². The molecule has 4 heteroatoms. The van der Waals surface area contributed by atoms with Crippen LogP contribution < -0.4 is 5.06 Å². The van der Waals surface area contributed by atoms with Crippen molar-refractivity contribution >= 4 is 5.91 Å². The highest BCUT2D eigenvalue weighted by Gasteiger charge is 2.03. The molecule has 1 N–H and O–H groups in total. The van der Waals surface area contributed by atoms with Crippen LogP contribution in [0.25, 0.3) is 0 Å². The quantitative estimate of drug-likeness (QED) is 0.603. The Labute approximate surface area is 70.4 Å². The van der Waals surface area contributed by atoms with Crippen LogP contribution in [-0.2, 0) is 11.3 Å². The summed E-state index contributed by atoms with van der Waals surface area (Å²) in [5.74, 6) is -0.396. The Morgan fingerprint density at radius 1 is 1.58 bits per heavy atom. The van der Waals surface area contributed by atoms with Crippen LogP contribution in [0.2, 0.25) is 0 Å². The molecule has 0 aromatic carbocycles. The van der Waals surface area contributed by atoms with Crippen LogP contribution in [-0.4, -0.2) is 10.9 Å². The highest BCUT2D eigenvalue weighted by molar-refractivity contribution is 5.63. The van der Waals surface area contributed by atoms with Gasteiger partial charge in [0.2, 0.25) is 0 Å². The first-order chi connectivity index (χ1) is 5.70. The van der Waals surface area contributed by atoms with Crippen LogP contribution in [0.4, 0.5) is 0 Å². The lowest BCUT2D eigenvalue weighted by Crippen LogP contribution is -3.08. The van der Waals surface area contributed by atoms with Crippen LogP contribution >= 0.6 is 0 Å². The maximum absolute atomic E-state index is 10.9. The number of nitrogens with one attached hydrogen (secondary N) is 1. The minimum atomic E-state index is -0.396. The Morgan fingerprint density at radius 3 is 2.67 bits per heavy atom. The van der Waals surface area contributed by atoms with Crippen molar-refractivity contribution in [1.82, 2.24) is 4.98 Å². The molecular weight excluding hydrogens is 156 g/mol. The molecule has 0 aliphatic heterocycles. The zero-order valence-electron chi connectivity index (χ0n) is 6.78. The lowest BCUT2D eigenvalue weighted by Gasteiger charge is -2.16. The number of amides is 1. The zero-order chi connectivity index (χ0) is 8.97. The summed E-state index contributed by atoms with van der Waals surface area (Å²) >= 11 is 0. The summed E-state index contributed by atoms with van der Waals surface area (Å²) < 4.78 is 0. The third kappa shape index (κ3) is 2.41. The second-order valence-electron chi connectivity index (χ2n) is 2.51. The fourth-order valence-electron chi connectivity index (χ4n) is 0.811. The monoisotopic (exact) mass is 166 g/mol. The van der Waals surface area contributed by atoms with Crippen molar-refractivity contribution in [2.24, 2.45) is 0 Å². The van der Waals surface area contributed by atoms with Crippen molar-refractivity contribution < 1.29 is 9.86 Å². The molecule has 0 saturated carbocycles. The number of nitrogens with zero attached hydrogens (tertiary/aromatic N) is 1. The Bertz CT molecular complexity index is 261. The molecule has 1 aromatic rings. The molecule has 1 atom stereocenters. The maximum Gasteiger partial charge on any atom is 0.309 e. The van der Waals surface area contributed by atoms with Gasteiger partial charge < -0.3 is 10.3 Å². The smallest absolute Gasteiger partial charge is 0.309 e. The lowest BCUT2D eigenvalue weighted by molar-refractivity contribution is -0.779. The summed E-state index contributed by atoms with van der Waals surface area (Å²) in [5, 5.41) is 10.6. The normalized spacial score (nSPS) is 12.5. The topological polar surface area (TPSA) is 57.5 Å². The molecular formula is C8H10N2O2. The standard InChI is InChI=1S/C8H10N2O2/c1-7(11)10(12)6-8-2-4-9-5-3-8/h2-5,10H,6H2,1H3. The first kappa shape index (κ1) is 8.83. The van der Waals surface area contributed by atoms with Gasteiger partial charge in [0.15, 0.2) is 0 Å². The number of rotatable bonds is 2. The van der Waals surface area contributed by atoms with E-state index in [1.54, 1.807) is 24.5 Å². The van der Waals surface area contributed by atoms with Gasteiger partial charge in [0, 0.05) is 18.0 Å². The molecule has 0 radical (unpaired) electrons. The minimum absolute atomic E-state index is 0.178. The van der Waals surface area contributed by atoms with Gasteiger partial charge in [-0.25, -0.2) is 4.79 Å². The Hall–Kier alpha value is -1.26. The molecule has 0 aliphatic carbocycles. The maximum atomic E-state index is 10.9. The molecule has 0 aliphatic rings.